The number of hydrogen-bond donors (Lipinski definition) is 0. The largest absolute Gasteiger partial charge is 0.292 e. The van der Waals surface area contributed by atoms with E-state index in [2.05, 4.69) is 164 Å². The number of para-hydroxylation sites is 3. The van der Waals surface area contributed by atoms with E-state index in [1.54, 1.807) is 0 Å². The highest BCUT2D eigenvalue weighted by Gasteiger charge is 2.17. The van der Waals surface area contributed by atoms with Gasteiger partial charge < -0.3 is 0 Å². The van der Waals surface area contributed by atoms with E-state index in [0.717, 1.165) is 41.0 Å². The number of allylic oxidation sites excluding steroid dienone is 6. The van der Waals surface area contributed by atoms with Crippen molar-refractivity contribution in [2.75, 3.05) is 0 Å². The third kappa shape index (κ3) is 4.96. The lowest BCUT2D eigenvalue weighted by Gasteiger charge is -2.19. The zero-order valence-corrected chi connectivity index (χ0v) is 24.7. The molecule has 0 spiro atoms. The van der Waals surface area contributed by atoms with Gasteiger partial charge >= 0.3 is 0 Å². The summed E-state index contributed by atoms with van der Waals surface area (Å²) < 4.78 is 2.27. The summed E-state index contributed by atoms with van der Waals surface area (Å²) >= 11 is 0. The van der Waals surface area contributed by atoms with Crippen LogP contribution in [0.2, 0.25) is 0 Å². The van der Waals surface area contributed by atoms with Crippen molar-refractivity contribution in [3.63, 3.8) is 0 Å². The molecule has 0 radical (unpaired) electrons. The second-order valence-electron chi connectivity index (χ2n) is 11.1. The maximum atomic E-state index is 5.14. The quantitative estimate of drug-likeness (QED) is 0.212. The average molecular weight is 555 g/mol. The van der Waals surface area contributed by atoms with Gasteiger partial charge in [0.1, 0.15) is 5.82 Å². The number of rotatable bonds is 4. The number of fused-ring (bicyclic) bond motifs is 4. The van der Waals surface area contributed by atoms with Gasteiger partial charge in [-0.3, -0.25) is 4.57 Å². The van der Waals surface area contributed by atoms with E-state index >= 15 is 0 Å². The first-order chi connectivity index (χ1) is 21.2. The Hall–Kier alpha value is -5.21. The van der Waals surface area contributed by atoms with Crippen molar-refractivity contribution < 1.29 is 0 Å². The highest BCUT2D eigenvalue weighted by Crippen LogP contribution is 2.37. The number of hydrogen-bond acceptors (Lipinski definition) is 1. The minimum absolute atomic E-state index is 0.840. The van der Waals surface area contributed by atoms with Crippen LogP contribution >= 0.6 is 0 Å². The van der Waals surface area contributed by atoms with Crippen molar-refractivity contribution in [2.24, 2.45) is 0 Å². The molecule has 0 atom stereocenters. The molecule has 1 aromatic heterocycles. The van der Waals surface area contributed by atoms with Crippen LogP contribution in [0, 0.1) is 6.92 Å². The first-order valence-electron chi connectivity index (χ1n) is 15.1. The van der Waals surface area contributed by atoms with Gasteiger partial charge in [-0.05, 0) is 107 Å². The zero-order valence-electron chi connectivity index (χ0n) is 24.7. The third-order valence-corrected chi connectivity index (χ3v) is 8.45. The van der Waals surface area contributed by atoms with Crippen molar-refractivity contribution >= 4 is 39.5 Å². The van der Waals surface area contributed by atoms with Gasteiger partial charge in [-0.15, -0.1) is 0 Å². The van der Waals surface area contributed by atoms with Gasteiger partial charge in [0, 0.05) is 11.3 Å². The van der Waals surface area contributed by atoms with Crippen molar-refractivity contribution in [2.45, 2.75) is 26.7 Å². The van der Waals surface area contributed by atoms with Crippen molar-refractivity contribution in [1.82, 2.24) is 9.55 Å². The van der Waals surface area contributed by atoms with Gasteiger partial charge in [0.25, 0.3) is 0 Å². The maximum absolute atomic E-state index is 5.14. The minimum atomic E-state index is 0.840. The summed E-state index contributed by atoms with van der Waals surface area (Å²) in [6.45, 7) is 4.38. The van der Waals surface area contributed by atoms with E-state index in [9.17, 15) is 0 Å². The Balaban J connectivity index is 1.44. The van der Waals surface area contributed by atoms with Crippen molar-refractivity contribution in [1.29, 1.82) is 0 Å². The highest BCUT2D eigenvalue weighted by atomic mass is 15.1. The molecule has 208 valence electrons. The van der Waals surface area contributed by atoms with Crippen molar-refractivity contribution in [3.8, 4) is 17.1 Å². The van der Waals surface area contributed by atoms with Gasteiger partial charge in [0.2, 0.25) is 0 Å². The molecular formula is C41H34N2. The zero-order chi connectivity index (χ0) is 29.2. The summed E-state index contributed by atoms with van der Waals surface area (Å²) in [6.07, 6.45) is 17.5. The van der Waals surface area contributed by atoms with Crippen LogP contribution in [0.3, 0.4) is 0 Å². The van der Waals surface area contributed by atoms with Crippen LogP contribution < -0.4 is 0 Å². The van der Waals surface area contributed by atoms with Crippen LogP contribution in [0.1, 0.15) is 41.2 Å². The second-order valence-corrected chi connectivity index (χ2v) is 11.1. The number of imidazole rings is 1. The van der Waals surface area contributed by atoms with Crippen molar-refractivity contribution in [3.05, 3.63) is 161 Å². The fourth-order valence-corrected chi connectivity index (χ4v) is 6.38. The Labute approximate surface area is 253 Å². The molecule has 0 fully saturated rings. The monoisotopic (exact) mass is 554 g/mol. The van der Waals surface area contributed by atoms with Crippen LogP contribution in [0.5, 0.6) is 0 Å². The van der Waals surface area contributed by atoms with Crippen LogP contribution in [0.25, 0.3) is 56.6 Å². The van der Waals surface area contributed by atoms with Crippen LogP contribution in [0.4, 0.5) is 0 Å². The molecule has 6 aromatic rings. The molecule has 1 heterocycles. The van der Waals surface area contributed by atoms with Gasteiger partial charge in [-0.2, -0.15) is 0 Å². The molecule has 43 heavy (non-hydrogen) atoms. The van der Waals surface area contributed by atoms with E-state index in [1.807, 2.05) is 0 Å². The Morgan fingerprint density at radius 1 is 0.721 bits per heavy atom. The Bertz CT molecular complexity index is 2080. The molecule has 2 heteroatoms. The maximum Gasteiger partial charge on any atom is 0.145 e. The summed E-state index contributed by atoms with van der Waals surface area (Å²) in [5, 5.41) is 2.60. The third-order valence-electron chi connectivity index (χ3n) is 8.45. The van der Waals surface area contributed by atoms with E-state index < -0.39 is 0 Å². The molecule has 7 rings (SSSR count). The molecule has 0 unspecified atom stereocenters. The summed E-state index contributed by atoms with van der Waals surface area (Å²) in [5.41, 5.74) is 12.2. The Kier molecular flexibility index (Phi) is 7.18. The lowest BCUT2D eigenvalue weighted by atomic mass is 9.85. The van der Waals surface area contributed by atoms with Gasteiger partial charge in [0.05, 0.1) is 11.0 Å². The SMILES string of the molecule is CC=Cc1c(C)c2c(c3ccccc13)C=C(c1cccc(-c3nc4ccccc4n3-c3ccccc3)c1)CC=CC=CC2. The lowest BCUT2D eigenvalue weighted by molar-refractivity contribution is 1.10. The van der Waals surface area contributed by atoms with E-state index in [0.29, 0.717) is 0 Å². The fraction of sp³-hybridized carbons (Fsp3) is 0.0976. The fourth-order valence-electron chi connectivity index (χ4n) is 6.38. The molecule has 0 N–H and O–H groups in total. The predicted molar refractivity (Wildman–Crippen MR) is 184 cm³/mol. The molecule has 0 saturated heterocycles. The smallest absolute Gasteiger partial charge is 0.145 e. The first kappa shape index (κ1) is 26.7. The van der Waals surface area contributed by atoms with E-state index in [-0.39, 0.29) is 0 Å². The molecule has 0 aliphatic heterocycles. The topological polar surface area (TPSA) is 17.8 Å². The first-order valence-corrected chi connectivity index (χ1v) is 15.1. The highest BCUT2D eigenvalue weighted by molar-refractivity contribution is 6.02. The van der Waals surface area contributed by atoms with E-state index in [4.69, 9.17) is 4.98 Å². The van der Waals surface area contributed by atoms with E-state index in [1.165, 1.54) is 44.2 Å². The molecule has 5 aromatic carbocycles. The Morgan fingerprint density at radius 3 is 2.28 bits per heavy atom. The molecule has 1 aliphatic rings. The molecule has 0 bridgehead atoms. The normalized spacial score (nSPS) is 13.5. The lowest BCUT2D eigenvalue weighted by Crippen LogP contribution is -2.00. The van der Waals surface area contributed by atoms with Crippen LogP contribution in [0.15, 0.2) is 134 Å². The summed E-state index contributed by atoms with van der Waals surface area (Å²) in [4.78, 5) is 5.14. The summed E-state index contributed by atoms with van der Waals surface area (Å²) in [6, 6.07) is 36.7. The Morgan fingerprint density at radius 2 is 1.44 bits per heavy atom. The van der Waals surface area contributed by atoms with Gasteiger partial charge in [-0.1, -0.05) is 109 Å². The number of aromatic nitrogens is 2. The average Bonchev–Trinajstić information content (AvgIpc) is 3.45. The molecule has 0 saturated carbocycles. The minimum Gasteiger partial charge on any atom is -0.292 e. The van der Waals surface area contributed by atoms with Gasteiger partial charge in [0.15, 0.2) is 0 Å². The summed E-state index contributed by atoms with van der Waals surface area (Å²) in [5.74, 6) is 0.950. The van der Waals surface area contributed by atoms with Crippen LogP contribution in [-0.4, -0.2) is 9.55 Å². The molecule has 0 amide bonds. The standard InChI is InChI=1S/C41H34N2/c1-3-16-34-29(2)35-22-10-5-4-7-17-31(28-38(35)37-24-12-11-23-36(34)37)30-18-15-19-32(27-30)41-42-39-25-13-14-26-40(39)43(41)33-20-8-6-9-21-33/h3-16,18-21,23-28H,17,22H2,1-2H3. The van der Waals surface area contributed by atoms with Crippen LogP contribution in [-0.2, 0) is 6.42 Å². The second kappa shape index (κ2) is 11.6. The number of benzene rings is 5. The van der Waals surface area contributed by atoms with Gasteiger partial charge in [-0.25, -0.2) is 4.98 Å². The summed E-state index contributed by atoms with van der Waals surface area (Å²) in [7, 11) is 0. The molecule has 1 aliphatic carbocycles. The molecule has 2 nitrogen and oxygen atoms in total. The number of nitrogens with zero attached hydrogens (tertiary/aromatic N) is 2. The molecular weight excluding hydrogens is 520 g/mol. The predicted octanol–water partition coefficient (Wildman–Crippen LogP) is 10.8.